The van der Waals surface area contributed by atoms with E-state index in [9.17, 15) is 9.59 Å². The third-order valence-corrected chi connectivity index (χ3v) is 2.62. The maximum Gasteiger partial charge on any atom is 0.235 e. The highest BCUT2D eigenvalue weighted by atomic mass is 16.3. The standard InChI is InChI=1S/C10H16N2O5/c13-4-10(5-14,6-15)2-1-9(12-8-17)3-11-7-16/h9,13-15H,1-6H2. The number of rotatable bonds is 9. The van der Waals surface area contributed by atoms with E-state index < -0.39 is 11.5 Å². The Bertz CT molecular complexity index is 296. The van der Waals surface area contributed by atoms with Gasteiger partial charge in [0.2, 0.25) is 12.2 Å². The minimum atomic E-state index is -1.01. The van der Waals surface area contributed by atoms with E-state index in [1.165, 1.54) is 12.2 Å². The molecule has 0 aliphatic rings. The number of hydrogen-bond donors (Lipinski definition) is 3. The van der Waals surface area contributed by atoms with Gasteiger partial charge >= 0.3 is 0 Å². The van der Waals surface area contributed by atoms with Gasteiger partial charge in [-0.3, -0.25) is 0 Å². The van der Waals surface area contributed by atoms with Gasteiger partial charge in [-0.2, -0.15) is 0 Å². The molecule has 0 saturated carbocycles. The summed E-state index contributed by atoms with van der Waals surface area (Å²) in [5.41, 5.74) is -1.01. The Morgan fingerprint density at radius 1 is 1.06 bits per heavy atom. The molecule has 0 rings (SSSR count). The first-order valence-electron chi connectivity index (χ1n) is 5.11. The monoisotopic (exact) mass is 244 g/mol. The number of nitrogens with zero attached hydrogens (tertiary/aromatic N) is 2. The molecule has 96 valence electrons. The van der Waals surface area contributed by atoms with Crippen LogP contribution < -0.4 is 0 Å². The van der Waals surface area contributed by atoms with Crippen molar-refractivity contribution in [2.75, 3.05) is 26.4 Å². The van der Waals surface area contributed by atoms with E-state index in [0.717, 1.165) is 0 Å². The zero-order valence-electron chi connectivity index (χ0n) is 9.37. The van der Waals surface area contributed by atoms with Gasteiger partial charge in [0.15, 0.2) is 0 Å². The molecule has 0 fully saturated rings. The highest BCUT2D eigenvalue weighted by Gasteiger charge is 2.28. The molecule has 7 nitrogen and oxygen atoms in total. The minimum Gasteiger partial charge on any atom is -0.396 e. The minimum absolute atomic E-state index is 0.00287. The maximum atomic E-state index is 10.1. The van der Waals surface area contributed by atoms with Crippen molar-refractivity contribution in [2.45, 2.75) is 18.9 Å². The molecule has 0 saturated heterocycles. The quantitative estimate of drug-likeness (QED) is 0.346. The van der Waals surface area contributed by atoms with Crippen molar-refractivity contribution in [2.24, 2.45) is 15.4 Å². The molecule has 0 spiro atoms. The summed E-state index contributed by atoms with van der Waals surface area (Å²) < 4.78 is 0. The average molecular weight is 244 g/mol. The second-order valence-electron chi connectivity index (χ2n) is 3.82. The summed E-state index contributed by atoms with van der Waals surface area (Å²) in [7, 11) is 0. The summed E-state index contributed by atoms with van der Waals surface area (Å²) in [6.45, 7) is -1.14. The van der Waals surface area contributed by atoms with Crippen molar-refractivity contribution in [3.05, 3.63) is 0 Å². The van der Waals surface area contributed by atoms with E-state index >= 15 is 0 Å². The molecule has 0 radical (unpaired) electrons. The van der Waals surface area contributed by atoms with Crippen molar-refractivity contribution < 1.29 is 24.9 Å². The summed E-state index contributed by atoms with van der Waals surface area (Å²) in [5, 5.41) is 27.2. The lowest BCUT2D eigenvalue weighted by Crippen LogP contribution is -2.35. The van der Waals surface area contributed by atoms with Crippen LogP contribution in [-0.2, 0) is 9.59 Å². The lowest BCUT2D eigenvalue weighted by Gasteiger charge is -2.27. The van der Waals surface area contributed by atoms with E-state index in [0.29, 0.717) is 6.42 Å². The van der Waals surface area contributed by atoms with Crippen molar-refractivity contribution in [1.82, 2.24) is 0 Å². The molecular weight excluding hydrogens is 228 g/mol. The lowest BCUT2D eigenvalue weighted by molar-refractivity contribution is -0.00279. The number of carbonyl (C=O) groups excluding carboxylic acids is 2. The highest BCUT2D eigenvalue weighted by molar-refractivity contribution is 5.35. The van der Waals surface area contributed by atoms with Gasteiger partial charge in [-0.1, -0.05) is 0 Å². The van der Waals surface area contributed by atoms with Crippen LogP contribution in [0, 0.1) is 5.41 Å². The Balaban J connectivity index is 4.45. The molecule has 1 unspecified atom stereocenters. The molecule has 0 aliphatic heterocycles. The predicted octanol–water partition coefficient (Wildman–Crippen LogP) is -1.23. The summed E-state index contributed by atoms with van der Waals surface area (Å²) in [4.78, 5) is 26.8. The average Bonchev–Trinajstić information content (AvgIpc) is 2.38. The predicted molar refractivity (Wildman–Crippen MR) is 57.8 cm³/mol. The van der Waals surface area contributed by atoms with Gasteiger partial charge in [-0.05, 0) is 12.8 Å². The topological polar surface area (TPSA) is 120 Å². The number of hydrogen-bond acceptors (Lipinski definition) is 7. The molecule has 7 heteroatoms. The SMILES string of the molecule is O=C=NCC(CCC(CO)(CO)CO)N=C=O. The molecule has 3 N–H and O–H groups in total. The third-order valence-electron chi connectivity index (χ3n) is 2.62. The second-order valence-corrected chi connectivity index (χ2v) is 3.82. The molecule has 17 heavy (non-hydrogen) atoms. The second kappa shape index (κ2) is 8.75. The Morgan fingerprint density at radius 3 is 2.06 bits per heavy atom. The van der Waals surface area contributed by atoms with Crippen molar-refractivity contribution in [1.29, 1.82) is 0 Å². The largest absolute Gasteiger partial charge is 0.396 e. The van der Waals surface area contributed by atoms with Gasteiger partial charge in [0, 0.05) is 5.41 Å². The number of isocyanates is 2. The first-order chi connectivity index (χ1) is 8.17. The Hall–Kier alpha value is -1.36. The van der Waals surface area contributed by atoms with E-state index in [-0.39, 0.29) is 32.8 Å². The van der Waals surface area contributed by atoms with Gasteiger partial charge in [0.05, 0.1) is 32.4 Å². The van der Waals surface area contributed by atoms with Crippen LogP contribution in [0.3, 0.4) is 0 Å². The van der Waals surface area contributed by atoms with Crippen molar-refractivity contribution in [3.8, 4) is 0 Å². The van der Waals surface area contributed by atoms with E-state index in [2.05, 4.69) is 9.98 Å². The summed E-state index contributed by atoms with van der Waals surface area (Å²) in [5.74, 6) is 0. The third kappa shape index (κ3) is 5.49. The maximum absolute atomic E-state index is 10.1. The van der Waals surface area contributed by atoms with Gasteiger partial charge < -0.3 is 15.3 Å². The summed E-state index contributed by atoms with van der Waals surface area (Å²) in [6.07, 6.45) is 3.24. The molecule has 0 aromatic carbocycles. The van der Waals surface area contributed by atoms with Crippen LogP contribution in [0.2, 0.25) is 0 Å². The van der Waals surface area contributed by atoms with Crippen molar-refractivity contribution in [3.63, 3.8) is 0 Å². The summed E-state index contributed by atoms with van der Waals surface area (Å²) in [6, 6.07) is -0.557. The number of aliphatic hydroxyl groups is 3. The van der Waals surface area contributed by atoms with Gasteiger partial charge in [0.1, 0.15) is 0 Å². The Labute approximate surface area is 98.5 Å². The molecule has 0 amide bonds. The fourth-order valence-electron chi connectivity index (χ4n) is 1.27. The summed E-state index contributed by atoms with van der Waals surface area (Å²) >= 11 is 0. The normalized spacial score (nSPS) is 12.4. The molecule has 0 aliphatic carbocycles. The first-order valence-corrected chi connectivity index (χ1v) is 5.11. The molecular formula is C10H16N2O5. The van der Waals surface area contributed by atoms with E-state index in [1.54, 1.807) is 0 Å². The smallest absolute Gasteiger partial charge is 0.235 e. The van der Waals surface area contributed by atoms with Crippen LogP contribution in [0.4, 0.5) is 0 Å². The van der Waals surface area contributed by atoms with Crippen molar-refractivity contribution >= 4 is 12.2 Å². The van der Waals surface area contributed by atoms with Gasteiger partial charge in [-0.25, -0.2) is 19.6 Å². The Kier molecular flexibility index (Phi) is 8.05. The highest BCUT2D eigenvalue weighted by Crippen LogP contribution is 2.23. The fourth-order valence-corrected chi connectivity index (χ4v) is 1.27. The van der Waals surface area contributed by atoms with Gasteiger partial charge in [-0.15, -0.1) is 0 Å². The number of aliphatic imine (C=N–C) groups is 2. The van der Waals surface area contributed by atoms with Crippen LogP contribution in [0.5, 0.6) is 0 Å². The lowest BCUT2D eigenvalue weighted by atomic mass is 9.84. The Morgan fingerprint density at radius 2 is 1.65 bits per heavy atom. The number of aliphatic hydroxyl groups excluding tert-OH is 3. The molecule has 0 aromatic heterocycles. The van der Waals surface area contributed by atoms with Crippen LogP contribution in [0.25, 0.3) is 0 Å². The fraction of sp³-hybridized carbons (Fsp3) is 0.800. The molecule has 1 atom stereocenters. The van der Waals surface area contributed by atoms with E-state index in [4.69, 9.17) is 15.3 Å². The molecule has 0 bridgehead atoms. The van der Waals surface area contributed by atoms with Crippen LogP contribution in [0.15, 0.2) is 9.98 Å². The van der Waals surface area contributed by atoms with Crippen LogP contribution in [-0.4, -0.2) is 59.9 Å². The van der Waals surface area contributed by atoms with Crippen LogP contribution >= 0.6 is 0 Å². The van der Waals surface area contributed by atoms with E-state index in [1.807, 2.05) is 0 Å². The molecule has 0 aromatic rings. The van der Waals surface area contributed by atoms with Crippen LogP contribution in [0.1, 0.15) is 12.8 Å². The zero-order valence-corrected chi connectivity index (χ0v) is 9.37. The molecule has 0 heterocycles. The van der Waals surface area contributed by atoms with Gasteiger partial charge in [0.25, 0.3) is 0 Å². The zero-order chi connectivity index (χ0) is 13.1. The first kappa shape index (κ1) is 15.6.